The summed E-state index contributed by atoms with van der Waals surface area (Å²) in [6.45, 7) is 1.16. The van der Waals surface area contributed by atoms with Crippen LogP contribution in [-0.4, -0.2) is 4.98 Å². The number of ether oxygens (including phenoxy) is 1. The molecule has 0 bridgehead atoms. The molecule has 0 aliphatic carbocycles. The third-order valence-electron chi connectivity index (χ3n) is 3.81. The van der Waals surface area contributed by atoms with E-state index in [1.54, 1.807) is 6.20 Å². The third kappa shape index (κ3) is 4.82. The summed E-state index contributed by atoms with van der Waals surface area (Å²) in [7, 11) is 0. The number of benzene rings is 2. The van der Waals surface area contributed by atoms with Crippen molar-refractivity contribution in [2.75, 3.05) is 5.32 Å². The number of hydrogen-bond donors (Lipinski definition) is 1. The summed E-state index contributed by atoms with van der Waals surface area (Å²) in [6, 6.07) is 22.0. The van der Waals surface area contributed by atoms with Crippen molar-refractivity contribution in [2.45, 2.75) is 19.6 Å². The van der Waals surface area contributed by atoms with Gasteiger partial charge in [0, 0.05) is 35.8 Å². The molecule has 3 aromatic rings. The van der Waals surface area contributed by atoms with Crippen LogP contribution in [-0.2, 0) is 19.6 Å². The normalized spacial score (nSPS) is 10.0. The van der Waals surface area contributed by atoms with Crippen LogP contribution in [0.25, 0.3) is 0 Å². The smallest absolute Gasteiger partial charge is 0.124 e. The number of nitriles is 1. The highest BCUT2D eigenvalue weighted by Gasteiger charge is 2.04. The second-order valence-corrected chi connectivity index (χ2v) is 5.64. The van der Waals surface area contributed by atoms with E-state index in [0.29, 0.717) is 19.6 Å². The number of nitrogens with one attached hydrogen (secondary N) is 1. The lowest BCUT2D eigenvalue weighted by Crippen LogP contribution is -2.03. The zero-order valence-electron chi connectivity index (χ0n) is 13.9. The number of anilines is 1. The second kappa shape index (κ2) is 8.51. The Morgan fingerprint density at radius 3 is 2.56 bits per heavy atom. The number of hydrogen-bond acceptors (Lipinski definition) is 4. The summed E-state index contributed by atoms with van der Waals surface area (Å²) in [4.78, 5) is 4.10. The van der Waals surface area contributed by atoms with Crippen molar-refractivity contribution in [2.24, 2.45) is 0 Å². The van der Waals surface area contributed by atoms with E-state index in [1.807, 2.05) is 60.8 Å². The van der Waals surface area contributed by atoms with Gasteiger partial charge in [-0.05, 0) is 29.8 Å². The molecule has 25 heavy (non-hydrogen) atoms. The number of nitrogens with zero attached hydrogens (tertiary/aromatic N) is 2. The van der Waals surface area contributed by atoms with E-state index in [-0.39, 0.29) is 0 Å². The van der Waals surface area contributed by atoms with Crippen LogP contribution < -0.4 is 10.1 Å². The molecule has 0 atom stereocenters. The summed E-state index contributed by atoms with van der Waals surface area (Å²) in [5, 5.41) is 12.1. The van der Waals surface area contributed by atoms with Gasteiger partial charge in [-0.25, -0.2) is 0 Å². The minimum atomic E-state index is 0.436. The first-order chi connectivity index (χ1) is 12.3. The molecule has 0 unspecified atom stereocenters. The molecule has 4 heteroatoms. The van der Waals surface area contributed by atoms with Gasteiger partial charge >= 0.3 is 0 Å². The van der Waals surface area contributed by atoms with E-state index < -0.39 is 0 Å². The predicted octanol–water partition coefficient (Wildman–Crippen LogP) is 4.34. The molecular formula is C21H19N3O. The molecule has 4 nitrogen and oxygen atoms in total. The molecule has 0 amide bonds. The lowest BCUT2D eigenvalue weighted by atomic mass is 10.1. The van der Waals surface area contributed by atoms with Crippen LogP contribution in [0, 0.1) is 11.3 Å². The zero-order chi connectivity index (χ0) is 17.3. The van der Waals surface area contributed by atoms with Crippen LogP contribution in [0.5, 0.6) is 5.75 Å². The van der Waals surface area contributed by atoms with Crippen LogP contribution in [0.1, 0.15) is 16.7 Å². The Hall–Kier alpha value is -3.32. The van der Waals surface area contributed by atoms with Gasteiger partial charge in [0.1, 0.15) is 12.4 Å². The van der Waals surface area contributed by atoms with E-state index >= 15 is 0 Å². The Bertz CT molecular complexity index is 839. The summed E-state index contributed by atoms with van der Waals surface area (Å²) in [5.41, 5.74) is 4.17. The first kappa shape index (κ1) is 16.5. The van der Waals surface area contributed by atoms with E-state index in [1.165, 1.54) is 0 Å². The van der Waals surface area contributed by atoms with Gasteiger partial charge in [0.15, 0.2) is 0 Å². The van der Waals surface area contributed by atoms with E-state index in [9.17, 15) is 0 Å². The van der Waals surface area contributed by atoms with Crippen LogP contribution >= 0.6 is 0 Å². The largest absolute Gasteiger partial charge is 0.488 e. The maximum atomic E-state index is 8.72. The minimum absolute atomic E-state index is 0.436. The highest BCUT2D eigenvalue weighted by molar-refractivity contribution is 5.47. The zero-order valence-corrected chi connectivity index (χ0v) is 13.9. The van der Waals surface area contributed by atoms with Crippen LogP contribution in [0.15, 0.2) is 73.1 Å². The lowest BCUT2D eigenvalue weighted by molar-refractivity contribution is 0.303. The Morgan fingerprint density at radius 1 is 0.960 bits per heavy atom. The summed E-state index contributed by atoms with van der Waals surface area (Å²) in [5.74, 6) is 0.861. The van der Waals surface area contributed by atoms with Gasteiger partial charge in [-0.3, -0.25) is 4.98 Å². The lowest BCUT2D eigenvalue weighted by Gasteiger charge is -2.13. The van der Waals surface area contributed by atoms with Gasteiger partial charge in [0.05, 0.1) is 12.5 Å². The molecule has 0 fully saturated rings. The Morgan fingerprint density at radius 2 is 1.80 bits per heavy atom. The highest BCUT2D eigenvalue weighted by atomic mass is 16.5. The molecule has 3 rings (SSSR count). The monoisotopic (exact) mass is 329 g/mol. The van der Waals surface area contributed by atoms with Gasteiger partial charge < -0.3 is 10.1 Å². The number of aromatic nitrogens is 1. The highest BCUT2D eigenvalue weighted by Crippen LogP contribution is 2.21. The van der Waals surface area contributed by atoms with Gasteiger partial charge in [-0.1, -0.05) is 36.4 Å². The molecule has 0 aliphatic heterocycles. The van der Waals surface area contributed by atoms with Crippen molar-refractivity contribution in [1.29, 1.82) is 5.26 Å². The maximum absolute atomic E-state index is 8.72. The summed E-state index contributed by atoms with van der Waals surface area (Å²) < 4.78 is 5.95. The van der Waals surface area contributed by atoms with Gasteiger partial charge in [-0.2, -0.15) is 5.26 Å². The van der Waals surface area contributed by atoms with Crippen molar-refractivity contribution >= 4 is 5.69 Å². The Labute approximate surface area is 147 Å². The Kier molecular flexibility index (Phi) is 5.63. The standard InChI is InChI=1S/C21H19N3O/c22-12-11-17-7-9-20(10-8-17)24-15-19-5-1-2-6-21(19)25-16-18-4-3-13-23-14-18/h1-10,13-14,24H,11,15-16H2. The van der Waals surface area contributed by atoms with Crippen molar-refractivity contribution in [1.82, 2.24) is 4.98 Å². The molecular weight excluding hydrogens is 310 g/mol. The molecule has 1 N–H and O–H groups in total. The average molecular weight is 329 g/mol. The molecule has 0 saturated carbocycles. The molecule has 1 heterocycles. The Balaban J connectivity index is 1.61. The first-order valence-corrected chi connectivity index (χ1v) is 8.14. The topological polar surface area (TPSA) is 57.9 Å². The molecule has 0 aliphatic rings. The molecule has 2 aromatic carbocycles. The fourth-order valence-corrected chi connectivity index (χ4v) is 2.46. The van der Waals surface area contributed by atoms with Crippen molar-refractivity contribution in [3.8, 4) is 11.8 Å². The predicted molar refractivity (Wildman–Crippen MR) is 98.1 cm³/mol. The minimum Gasteiger partial charge on any atom is -0.488 e. The first-order valence-electron chi connectivity index (χ1n) is 8.14. The molecule has 124 valence electrons. The van der Waals surface area contributed by atoms with E-state index in [0.717, 1.165) is 28.1 Å². The van der Waals surface area contributed by atoms with E-state index in [2.05, 4.69) is 22.4 Å². The van der Waals surface area contributed by atoms with Gasteiger partial charge in [0.25, 0.3) is 0 Å². The van der Waals surface area contributed by atoms with Crippen LogP contribution in [0.4, 0.5) is 5.69 Å². The average Bonchev–Trinajstić information content (AvgIpc) is 2.67. The van der Waals surface area contributed by atoms with Gasteiger partial charge in [-0.15, -0.1) is 0 Å². The fraction of sp³-hybridized carbons (Fsp3) is 0.143. The summed E-state index contributed by atoms with van der Waals surface area (Å²) in [6.07, 6.45) is 4.00. The number of para-hydroxylation sites is 1. The maximum Gasteiger partial charge on any atom is 0.124 e. The fourth-order valence-electron chi connectivity index (χ4n) is 2.46. The molecule has 0 spiro atoms. The van der Waals surface area contributed by atoms with E-state index in [4.69, 9.17) is 10.00 Å². The quantitative estimate of drug-likeness (QED) is 0.700. The molecule has 0 saturated heterocycles. The van der Waals surface area contributed by atoms with Crippen molar-refractivity contribution < 1.29 is 4.74 Å². The SMILES string of the molecule is N#CCc1ccc(NCc2ccccc2OCc2cccnc2)cc1. The van der Waals surface area contributed by atoms with Crippen LogP contribution in [0.2, 0.25) is 0 Å². The molecule has 1 aromatic heterocycles. The number of rotatable bonds is 7. The third-order valence-corrected chi connectivity index (χ3v) is 3.81. The second-order valence-electron chi connectivity index (χ2n) is 5.64. The van der Waals surface area contributed by atoms with Gasteiger partial charge in [0.2, 0.25) is 0 Å². The molecule has 0 radical (unpaired) electrons. The van der Waals surface area contributed by atoms with Crippen molar-refractivity contribution in [3.63, 3.8) is 0 Å². The van der Waals surface area contributed by atoms with Crippen LogP contribution in [0.3, 0.4) is 0 Å². The van der Waals surface area contributed by atoms with Crippen molar-refractivity contribution in [3.05, 3.63) is 89.7 Å². The number of pyridine rings is 1. The summed E-state index contributed by atoms with van der Waals surface area (Å²) >= 11 is 0.